The van der Waals surface area contributed by atoms with Gasteiger partial charge >= 0.3 is 6.18 Å². The zero-order chi connectivity index (χ0) is 16.0. The van der Waals surface area contributed by atoms with E-state index < -0.39 is 23.7 Å². The summed E-state index contributed by atoms with van der Waals surface area (Å²) in [6.45, 7) is 1.65. The van der Waals surface area contributed by atoms with E-state index in [1.165, 1.54) is 19.2 Å². The first-order chi connectivity index (χ1) is 9.79. The molecule has 1 atom stereocenters. The van der Waals surface area contributed by atoms with E-state index in [1.807, 2.05) is 6.92 Å². The number of nitrogens with two attached hydrogens (primary N) is 1. The van der Waals surface area contributed by atoms with Crippen LogP contribution in [0.3, 0.4) is 0 Å². The van der Waals surface area contributed by atoms with E-state index in [2.05, 4.69) is 5.32 Å². The van der Waals surface area contributed by atoms with Gasteiger partial charge in [0.25, 0.3) is 0 Å². The van der Waals surface area contributed by atoms with Gasteiger partial charge in [0.15, 0.2) is 0 Å². The van der Waals surface area contributed by atoms with Crippen molar-refractivity contribution in [3.8, 4) is 5.75 Å². The van der Waals surface area contributed by atoms with E-state index in [0.29, 0.717) is 6.42 Å². The number of rotatable bonds is 6. The van der Waals surface area contributed by atoms with E-state index in [1.54, 1.807) is 0 Å². The van der Waals surface area contributed by atoms with Crippen LogP contribution in [-0.4, -0.2) is 19.1 Å². The van der Waals surface area contributed by atoms with Gasteiger partial charge in [-0.05, 0) is 24.1 Å². The molecule has 0 aliphatic rings. The molecule has 0 saturated carbocycles. The number of methoxy groups -OCH3 is 1. The van der Waals surface area contributed by atoms with Crippen LogP contribution in [0.25, 0.3) is 0 Å². The maximum atomic E-state index is 13.0. The quantitative estimate of drug-likeness (QED) is 0.837. The van der Waals surface area contributed by atoms with Crippen molar-refractivity contribution in [1.82, 2.24) is 5.32 Å². The normalized spacial score (nSPS) is 12.3. The SMILES string of the molecule is CCCC(N)C(=O)NCc1ccc(OC)cc1C(F)(F)F.Cl. The largest absolute Gasteiger partial charge is 0.497 e. The third kappa shape index (κ3) is 5.73. The molecular weight excluding hydrogens is 321 g/mol. The van der Waals surface area contributed by atoms with Crippen LogP contribution in [0, 0.1) is 0 Å². The van der Waals surface area contributed by atoms with Gasteiger partial charge in [0.2, 0.25) is 5.91 Å². The lowest BCUT2D eigenvalue weighted by atomic mass is 10.1. The molecule has 0 radical (unpaired) electrons. The Balaban J connectivity index is 0.00000441. The van der Waals surface area contributed by atoms with Crippen LogP contribution in [0.1, 0.15) is 30.9 Å². The fraction of sp³-hybridized carbons (Fsp3) is 0.500. The number of ether oxygens (including phenoxy) is 1. The molecule has 0 spiro atoms. The molecule has 4 nitrogen and oxygen atoms in total. The van der Waals surface area contributed by atoms with Gasteiger partial charge in [-0.3, -0.25) is 4.79 Å². The van der Waals surface area contributed by atoms with Gasteiger partial charge in [-0.25, -0.2) is 0 Å². The van der Waals surface area contributed by atoms with Gasteiger partial charge in [-0.1, -0.05) is 19.4 Å². The number of carbonyl (C=O) groups excluding carboxylic acids is 1. The van der Waals surface area contributed by atoms with Gasteiger partial charge in [-0.2, -0.15) is 13.2 Å². The van der Waals surface area contributed by atoms with Gasteiger partial charge in [0.05, 0.1) is 18.7 Å². The van der Waals surface area contributed by atoms with E-state index in [-0.39, 0.29) is 30.3 Å². The zero-order valence-electron chi connectivity index (χ0n) is 12.4. The van der Waals surface area contributed by atoms with Gasteiger partial charge in [0, 0.05) is 6.54 Å². The molecule has 0 bridgehead atoms. The van der Waals surface area contributed by atoms with Crippen molar-refractivity contribution < 1.29 is 22.7 Å². The maximum absolute atomic E-state index is 13.0. The predicted octanol–water partition coefficient (Wildman–Crippen LogP) is 2.88. The number of alkyl halides is 3. The molecule has 1 aromatic rings. The fourth-order valence-electron chi connectivity index (χ4n) is 1.86. The Kier molecular flexibility index (Phi) is 8.26. The van der Waals surface area contributed by atoms with Crippen LogP contribution in [0.15, 0.2) is 18.2 Å². The topological polar surface area (TPSA) is 64.4 Å². The van der Waals surface area contributed by atoms with Crippen molar-refractivity contribution >= 4 is 18.3 Å². The molecule has 126 valence electrons. The summed E-state index contributed by atoms with van der Waals surface area (Å²) in [5.41, 5.74) is 4.75. The summed E-state index contributed by atoms with van der Waals surface area (Å²) >= 11 is 0. The highest BCUT2D eigenvalue weighted by atomic mass is 35.5. The van der Waals surface area contributed by atoms with Crippen molar-refractivity contribution in [2.24, 2.45) is 5.73 Å². The summed E-state index contributed by atoms with van der Waals surface area (Å²) in [6.07, 6.45) is -3.30. The van der Waals surface area contributed by atoms with E-state index in [9.17, 15) is 18.0 Å². The Labute approximate surface area is 133 Å². The first-order valence-corrected chi connectivity index (χ1v) is 6.57. The first kappa shape index (κ1) is 20.5. The highest BCUT2D eigenvalue weighted by Gasteiger charge is 2.33. The van der Waals surface area contributed by atoms with Gasteiger partial charge < -0.3 is 15.8 Å². The summed E-state index contributed by atoms with van der Waals surface area (Å²) in [5, 5.41) is 2.43. The highest BCUT2D eigenvalue weighted by Crippen LogP contribution is 2.34. The fourth-order valence-corrected chi connectivity index (χ4v) is 1.86. The van der Waals surface area contributed by atoms with Crippen LogP contribution < -0.4 is 15.8 Å². The van der Waals surface area contributed by atoms with Crippen molar-refractivity contribution in [3.63, 3.8) is 0 Å². The second kappa shape index (κ2) is 8.85. The summed E-state index contributed by atoms with van der Waals surface area (Å²) in [6, 6.07) is 2.91. The molecule has 1 unspecified atom stereocenters. The summed E-state index contributed by atoms with van der Waals surface area (Å²) in [7, 11) is 1.29. The van der Waals surface area contributed by atoms with Crippen LogP contribution in [0.5, 0.6) is 5.75 Å². The van der Waals surface area contributed by atoms with Crippen molar-refractivity contribution in [2.75, 3.05) is 7.11 Å². The van der Waals surface area contributed by atoms with Crippen LogP contribution in [-0.2, 0) is 17.5 Å². The minimum absolute atomic E-state index is 0. The highest BCUT2D eigenvalue weighted by molar-refractivity contribution is 5.85. The lowest BCUT2D eigenvalue weighted by Crippen LogP contribution is -2.40. The summed E-state index contributed by atoms with van der Waals surface area (Å²) in [5.74, 6) is -0.346. The number of benzene rings is 1. The van der Waals surface area contributed by atoms with Gasteiger partial charge in [0.1, 0.15) is 5.75 Å². The minimum Gasteiger partial charge on any atom is -0.497 e. The second-order valence-electron chi connectivity index (χ2n) is 4.63. The average Bonchev–Trinajstić information content (AvgIpc) is 2.43. The van der Waals surface area contributed by atoms with E-state index in [0.717, 1.165) is 12.5 Å². The lowest BCUT2D eigenvalue weighted by molar-refractivity contribution is -0.138. The predicted molar refractivity (Wildman–Crippen MR) is 80.0 cm³/mol. The molecule has 1 amide bonds. The summed E-state index contributed by atoms with van der Waals surface area (Å²) < 4.78 is 43.7. The third-order valence-corrected chi connectivity index (χ3v) is 3.01. The maximum Gasteiger partial charge on any atom is 0.416 e. The molecule has 0 aromatic heterocycles. The number of hydrogen-bond acceptors (Lipinski definition) is 3. The number of nitrogens with one attached hydrogen (secondary N) is 1. The molecule has 3 N–H and O–H groups in total. The molecular formula is C14H20ClF3N2O2. The average molecular weight is 341 g/mol. The van der Waals surface area contributed by atoms with E-state index in [4.69, 9.17) is 10.5 Å². The van der Waals surface area contributed by atoms with Crippen molar-refractivity contribution in [3.05, 3.63) is 29.3 Å². The molecule has 0 saturated heterocycles. The van der Waals surface area contributed by atoms with Crippen LogP contribution in [0.4, 0.5) is 13.2 Å². The Hall–Kier alpha value is -1.47. The Morgan fingerprint density at radius 3 is 2.55 bits per heavy atom. The zero-order valence-corrected chi connectivity index (χ0v) is 13.2. The monoisotopic (exact) mass is 340 g/mol. The molecule has 0 fully saturated rings. The molecule has 1 aromatic carbocycles. The van der Waals surface area contributed by atoms with Crippen molar-refractivity contribution in [2.45, 2.75) is 38.5 Å². The molecule has 0 heterocycles. The standard InChI is InChI=1S/C14H19F3N2O2.ClH/c1-3-4-12(18)13(20)19-8-9-5-6-10(21-2)7-11(9)14(15,16)17;/h5-7,12H,3-4,8,18H2,1-2H3,(H,19,20);1H. The number of halogens is 4. The molecule has 8 heteroatoms. The Morgan fingerprint density at radius 2 is 2.05 bits per heavy atom. The van der Waals surface area contributed by atoms with Gasteiger partial charge in [-0.15, -0.1) is 12.4 Å². The second-order valence-corrected chi connectivity index (χ2v) is 4.63. The first-order valence-electron chi connectivity index (χ1n) is 6.57. The molecule has 1 rings (SSSR count). The number of carbonyl (C=O) groups is 1. The lowest BCUT2D eigenvalue weighted by Gasteiger charge is -2.16. The Morgan fingerprint density at radius 1 is 1.41 bits per heavy atom. The van der Waals surface area contributed by atoms with Crippen molar-refractivity contribution in [1.29, 1.82) is 0 Å². The summed E-state index contributed by atoms with van der Waals surface area (Å²) in [4.78, 5) is 11.6. The molecule has 22 heavy (non-hydrogen) atoms. The minimum atomic E-state index is -4.51. The molecule has 0 aliphatic carbocycles. The number of hydrogen-bond donors (Lipinski definition) is 2. The Bertz CT molecular complexity index is 495. The van der Waals surface area contributed by atoms with Crippen LogP contribution in [0.2, 0.25) is 0 Å². The van der Waals surface area contributed by atoms with E-state index >= 15 is 0 Å². The molecule has 0 aliphatic heterocycles. The smallest absolute Gasteiger partial charge is 0.416 e. The number of amides is 1. The van der Waals surface area contributed by atoms with Crippen LogP contribution >= 0.6 is 12.4 Å². The third-order valence-electron chi connectivity index (χ3n) is 3.01.